The Morgan fingerprint density at radius 3 is 2.15 bits per heavy atom. The van der Waals surface area contributed by atoms with E-state index in [0.717, 1.165) is 5.56 Å². The van der Waals surface area contributed by atoms with Gasteiger partial charge < -0.3 is 25.3 Å². The van der Waals surface area contributed by atoms with Gasteiger partial charge in [0.1, 0.15) is 0 Å². The average molecular weight is 352 g/mol. The molecular formula is C19H20N4O3. The van der Waals surface area contributed by atoms with Gasteiger partial charge in [0.2, 0.25) is 11.7 Å². The van der Waals surface area contributed by atoms with Gasteiger partial charge in [0, 0.05) is 23.4 Å². The van der Waals surface area contributed by atoms with E-state index in [9.17, 15) is 0 Å². The lowest BCUT2D eigenvalue weighted by molar-refractivity contribution is 0.324. The second-order valence-electron chi connectivity index (χ2n) is 5.40. The van der Waals surface area contributed by atoms with E-state index >= 15 is 0 Å². The molecule has 0 saturated carbocycles. The smallest absolute Gasteiger partial charge is 0.227 e. The average Bonchev–Trinajstić information content (AvgIpc) is 2.69. The van der Waals surface area contributed by atoms with Crippen molar-refractivity contribution >= 4 is 17.3 Å². The van der Waals surface area contributed by atoms with Crippen LogP contribution in [-0.2, 0) is 0 Å². The number of benzene rings is 2. The normalized spacial score (nSPS) is 10.3. The van der Waals surface area contributed by atoms with Gasteiger partial charge in [0.25, 0.3) is 0 Å². The van der Waals surface area contributed by atoms with Crippen LogP contribution in [0.1, 0.15) is 0 Å². The molecular weight excluding hydrogens is 332 g/mol. The van der Waals surface area contributed by atoms with Crippen LogP contribution < -0.4 is 25.3 Å². The zero-order valence-corrected chi connectivity index (χ0v) is 14.8. The Labute approximate surface area is 151 Å². The molecule has 0 atom stereocenters. The minimum Gasteiger partial charge on any atom is -0.493 e. The molecule has 0 aliphatic rings. The quantitative estimate of drug-likeness (QED) is 0.701. The highest BCUT2D eigenvalue weighted by Crippen LogP contribution is 2.40. The van der Waals surface area contributed by atoms with Crippen molar-refractivity contribution in [1.82, 2.24) is 9.97 Å². The highest BCUT2D eigenvalue weighted by atomic mass is 16.5. The summed E-state index contributed by atoms with van der Waals surface area (Å²) >= 11 is 0. The number of ether oxygens (including phenoxy) is 3. The van der Waals surface area contributed by atoms with Gasteiger partial charge in [0.15, 0.2) is 11.5 Å². The summed E-state index contributed by atoms with van der Waals surface area (Å²) in [5.74, 6) is 2.00. The molecule has 3 rings (SSSR count). The fraction of sp³-hybridized carbons (Fsp3) is 0.158. The molecule has 7 nitrogen and oxygen atoms in total. The predicted octanol–water partition coefficient (Wildman–Crippen LogP) is 3.50. The summed E-state index contributed by atoms with van der Waals surface area (Å²) in [5, 5.41) is 3.15. The summed E-state index contributed by atoms with van der Waals surface area (Å²) in [7, 11) is 4.69. The van der Waals surface area contributed by atoms with E-state index in [1.165, 1.54) is 0 Å². The number of hydrogen-bond donors (Lipinski definition) is 2. The molecule has 3 N–H and O–H groups in total. The minimum absolute atomic E-state index is 0.410. The second-order valence-corrected chi connectivity index (χ2v) is 5.40. The van der Waals surface area contributed by atoms with Gasteiger partial charge in [0.05, 0.1) is 38.9 Å². The monoisotopic (exact) mass is 352 g/mol. The number of methoxy groups -OCH3 is 3. The number of nitrogens with zero attached hydrogens (tertiary/aromatic N) is 2. The molecule has 0 amide bonds. The number of nitrogens with one attached hydrogen (secondary N) is 1. The molecule has 26 heavy (non-hydrogen) atoms. The van der Waals surface area contributed by atoms with E-state index in [0.29, 0.717) is 40.3 Å². The zero-order valence-electron chi connectivity index (χ0n) is 14.8. The maximum Gasteiger partial charge on any atom is 0.227 e. The molecule has 0 spiro atoms. The molecule has 0 aliphatic carbocycles. The lowest BCUT2D eigenvalue weighted by Crippen LogP contribution is -2.03. The third-order valence-corrected chi connectivity index (χ3v) is 3.79. The van der Waals surface area contributed by atoms with E-state index in [4.69, 9.17) is 19.9 Å². The molecule has 3 aromatic rings. The Bertz CT molecular complexity index is 876. The first-order valence-electron chi connectivity index (χ1n) is 7.91. The molecule has 1 heterocycles. The number of rotatable bonds is 6. The summed E-state index contributed by atoms with van der Waals surface area (Å²) in [5.41, 5.74) is 8.82. The van der Waals surface area contributed by atoms with Gasteiger partial charge >= 0.3 is 0 Å². The molecule has 1 aromatic heterocycles. The maximum atomic E-state index is 6.03. The van der Waals surface area contributed by atoms with Gasteiger partial charge in [-0.25, -0.2) is 9.97 Å². The van der Waals surface area contributed by atoms with E-state index in [1.54, 1.807) is 39.7 Å². The van der Waals surface area contributed by atoms with Gasteiger partial charge in [-0.3, -0.25) is 0 Å². The van der Waals surface area contributed by atoms with Crippen LogP contribution in [0.15, 0.2) is 48.7 Å². The number of hydrogen-bond acceptors (Lipinski definition) is 7. The van der Waals surface area contributed by atoms with E-state index in [1.807, 2.05) is 30.3 Å². The predicted molar refractivity (Wildman–Crippen MR) is 101 cm³/mol. The lowest BCUT2D eigenvalue weighted by Gasteiger charge is -2.15. The Morgan fingerprint density at radius 1 is 0.923 bits per heavy atom. The van der Waals surface area contributed by atoms with Crippen molar-refractivity contribution in [3.63, 3.8) is 0 Å². The molecule has 2 aromatic carbocycles. The van der Waals surface area contributed by atoms with Crippen LogP contribution in [-0.4, -0.2) is 31.3 Å². The highest BCUT2D eigenvalue weighted by molar-refractivity contribution is 5.74. The molecule has 0 saturated heterocycles. The standard InChI is InChI=1S/C19H20N4O3/c1-24-15-9-13(10-16(25-2)18(15)26-3)22-19-21-11-14(20)17(23-19)12-7-5-4-6-8-12/h4-11H,20H2,1-3H3,(H,21,22,23). The summed E-state index contributed by atoms with van der Waals surface area (Å²) in [6, 6.07) is 13.3. The lowest BCUT2D eigenvalue weighted by atomic mass is 10.1. The van der Waals surface area contributed by atoms with Crippen LogP contribution in [0.3, 0.4) is 0 Å². The fourth-order valence-corrected chi connectivity index (χ4v) is 2.56. The summed E-state index contributed by atoms with van der Waals surface area (Å²) in [4.78, 5) is 8.78. The molecule has 7 heteroatoms. The number of aromatic nitrogens is 2. The molecule has 134 valence electrons. The van der Waals surface area contributed by atoms with Crippen molar-refractivity contribution in [2.75, 3.05) is 32.4 Å². The first kappa shape index (κ1) is 17.3. The number of anilines is 3. The Balaban J connectivity index is 1.97. The van der Waals surface area contributed by atoms with Crippen molar-refractivity contribution in [1.29, 1.82) is 0 Å². The molecule has 0 unspecified atom stereocenters. The van der Waals surface area contributed by atoms with Crippen molar-refractivity contribution in [2.24, 2.45) is 0 Å². The summed E-state index contributed by atoms with van der Waals surface area (Å²) < 4.78 is 16.1. The zero-order chi connectivity index (χ0) is 18.5. The van der Waals surface area contributed by atoms with Crippen molar-refractivity contribution in [3.05, 3.63) is 48.7 Å². The summed E-state index contributed by atoms with van der Waals surface area (Å²) in [6.07, 6.45) is 1.58. The Kier molecular flexibility index (Phi) is 5.07. The van der Waals surface area contributed by atoms with Crippen molar-refractivity contribution < 1.29 is 14.2 Å². The SMILES string of the molecule is COc1cc(Nc2ncc(N)c(-c3ccccc3)n2)cc(OC)c1OC. The van der Waals surface area contributed by atoms with Crippen LogP contribution >= 0.6 is 0 Å². The van der Waals surface area contributed by atoms with Crippen molar-refractivity contribution in [2.45, 2.75) is 0 Å². The molecule has 0 aliphatic heterocycles. The topological polar surface area (TPSA) is 91.5 Å². The first-order valence-corrected chi connectivity index (χ1v) is 7.91. The molecule has 0 radical (unpaired) electrons. The number of nitrogen functional groups attached to an aromatic ring is 1. The highest BCUT2D eigenvalue weighted by Gasteiger charge is 2.14. The third-order valence-electron chi connectivity index (χ3n) is 3.79. The van der Waals surface area contributed by atoms with E-state index < -0.39 is 0 Å². The van der Waals surface area contributed by atoms with Crippen LogP contribution in [0.4, 0.5) is 17.3 Å². The van der Waals surface area contributed by atoms with Gasteiger partial charge in [-0.15, -0.1) is 0 Å². The first-order chi connectivity index (χ1) is 12.7. The van der Waals surface area contributed by atoms with E-state index in [2.05, 4.69) is 15.3 Å². The molecule has 0 fully saturated rings. The maximum absolute atomic E-state index is 6.03. The fourth-order valence-electron chi connectivity index (χ4n) is 2.56. The second kappa shape index (κ2) is 7.60. The van der Waals surface area contributed by atoms with Gasteiger partial charge in [-0.1, -0.05) is 30.3 Å². The largest absolute Gasteiger partial charge is 0.493 e. The third kappa shape index (κ3) is 3.46. The minimum atomic E-state index is 0.410. The number of nitrogens with two attached hydrogens (primary N) is 1. The van der Waals surface area contributed by atoms with Crippen LogP contribution in [0.2, 0.25) is 0 Å². The van der Waals surface area contributed by atoms with Crippen LogP contribution in [0.25, 0.3) is 11.3 Å². The van der Waals surface area contributed by atoms with Gasteiger partial charge in [-0.05, 0) is 0 Å². The van der Waals surface area contributed by atoms with E-state index in [-0.39, 0.29) is 0 Å². The van der Waals surface area contributed by atoms with Crippen LogP contribution in [0, 0.1) is 0 Å². The molecule has 0 bridgehead atoms. The van der Waals surface area contributed by atoms with Crippen LogP contribution in [0.5, 0.6) is 17.2 Å². The van der Waals surface area contributed by atoms with Gasteiger partial charge in [-0.2, -0.15) is 0 Å². The van der Waals surface area contributed by atoms with Crippen molar-refractivity contribution in [3.8, 4) is 28.5 Å². The summed E-state index contributed by atoms with van der Waals surface area (Å²) in [6.45, 7) is 0. The Hall–Kier alpha value is -3.48. The Morgan fingerprint density at radius 2 is 1.58 bits per heavy atom.